The van der Waals surface area contributed by atoms with Gasteiger partial charge in [-0.15, -0.1) is 0 Å². The summed E-state index contributed by atoms with van der Waals surface area (Å²) in [6, 6.07) is 8.48. The molecule has 1 aliphatic rings. The van der Waals surface area contributed by atoms with Gasteiger partial charge < -0.3 is 28.8 Å². The van der Waals surface area contributed by atoms with E-state index in [0.717, 1.165) is 24.3 Å². The van der Waals surface area contributed by atoms with E-state index < -0.39 is 6.04 Å². The Morgan fingerprint density at radius 1 is 0.972 bits per heavy atom. The fourth-order valence-electron chi connectivity index (χ4n) is 4.24. The Bertz CT molecular complexity index is 1050. The average molecular weight is 502 g/mol. The lowest BCUT2D eigenvalue weighted by atomic mass is 10.0. The third kappa shape index (κ3) is 7.74. The molecule has 10 nitrogen and oxygen atoms in total. The van der Waals surface area contributed by atoms with Crippen LogP contribution in [0.4, 0.5) is 0 Å². The standard InChI is InChI=1S/C26H35N3O7/c1-18(30)27-23(14-20-6-9-24(33-3)25(15-20)34-4)26(32)29-11-5-10-28(12-13-29)16-21-7-8-22(36-21)17-35-19(2)31/h6-9,15,23H,5,10-14,16-17H2,1-4H3,(H,27,30). The van der Waals surface area contributed by atoms with Crippen molar-refractivity contribution >= 4 is 17.8 Å². The summed E-state index contributed by atoms with van der Waals surface area (Å²) in [5.74, 6) is 1.83. The smallest absolute Gasteiger partial charge is 0.303 e. The maximum absolute atomic E-state index is 13.4. The van der Waals surface area contributed by atoms with Crippen molar-refractivity contribution in [2.24, 2.45) is 0 Å². The molecular formula is C26H35N3O7. The van der Waals surface area contributed by atoms with Crippen molar-refractivity contribution in [3.63, 3.8) is 0 Å². The van der Waals surface area contributed by atoms with Gasteiger partial charge in [-0.25, -0.2) is 0 Å². The van der Waals surface area contributed by atoms with Crippen LogP contribution in [0.25, 0.3) is 0 Å². The molecule has 3 rings (SSSR count). The van der Waals surface area contributed by atoms with Crippen LogP contribution >= 0.6 is 0 Å². The molecule has 36 heavy (non-hydrogen) atoms. The van der Waals surface area contributed by atoms with Crippen LogP contribution in [0.1, 0.15) is 37.4 Å². The van der Waals surface area contributed by atoms with Crippen molar-refractivity contribution in [2.45, 2.75) is 45.9 Å². The lowest BCUT2D eigenvalue weighted by Crippen LogP contribution is -2.50. The van der Waals surface area contributed by atoms with Crippen molar-refractivity contribution in [1.82, 2.24) is 15.1 Å². The third-order valence-electron chi connectivity index (χ3n) is 5.98. The predicted molar refractivity (Wildman–Crippen MR) is 132 cm³/mol. The Morgan fingerprint density at radius 2 is 1.72 bits per heavy atom. The number of carbonyl (C=O) groups is 3. The first-order valence-corrected chi connectivity index (χ1v) is 12.0. The number of furan rings is 1. The van der Waals surface area contributed by atoms with E-state index in [1.165, 1.54) is 13.8 Å². The topological polar surface area (TPSA) is 111 Å². The highest BCUT2D eigenvalue weighted by molar-refractivity contribution is 5.87. The first kappa shape index (κ1) is 27.1. The number of ether oxygens (including phenoxy) is 3. The maximum Gasteiger partial charge on any atom is 0.303 e. The van der Waals surface area contributed by atoms with Gasteiger partial charge >= 0.3 is 5.97 Å². The summed E-state index contributed by atoms with van der Waals surface area (Å²) in [6.45, 7) is 6.12. The van der Waals surface area contributed by atoms with Crippen LogP contribution in [0.3, 0.4) is 0 Å². The second kappa shape index (κ2) is 13.0. The van der Waals surface area contributed by atoms with Gasteiger partial charge in [-0.3, -0.25) is 19.3 Å². The van der Waals surface area contributed by atoms with E-state index in [9.17, 15) is 14.4 Å². The second-order valence-electron chi connectivity index (χ2n) is 8.75. The fraction of sp³-hybridized carbons (Fsp3) is 0.500. The monoisotopic (exact) mass is 501 g/mol. The van der Waals surface area contributed by atoms with E-state index in [1.54, 1.807) is 26.4 Å². The Kier molecular flexibility index (Phi) is 9.75. The number of methoxy groups -OCH3 is 2. The van der Waals surface area contributed by atoms with Crippen LogP contribution in [0, 0.1) is 0 Å². The van der Waals surface area contributed by atoms with Gasteiger partial charge in [-0.05, 0) is 36.2 Å². The number of rotatable bonds is 10. The van der Waals surface area contributed by atoms with Crippen molar-refractivity contribution in [2.75, 3.05) is 40.4 Å². The SMILES string of the molecule is COc1ccc(CC(NC(C)=O)C(=O)N2CCCN(Cc3ccc(COC(C)=O)o3)CC2)cc1OC. The van der Waals surface area contributed by atoms with Gasteiger partial charge in [0.1, 0.15) is 24.2 Å². The average Bonchev–Trinajstić information content (AvgIpc) is 3.17. The molecule has 10 heteroatoms. The Morgan fingerprint density at radius 3 is 2.42 bits per heavy atom. The molecule has 0 bridgehead atoms. The van der Waals surface area contributed by atoms with Gasteiger partial charge in [-0.1, -0.05) is 6.07 Å². The first-order chi connectivity index (χ1) is 17.3. The number of amides is 2. The van der Waals surface area contributed by atoms with Crippen LogP contribution in [-0.2, 0) is 38.7 Å². The van der Waals surface area contributed by atoms with Crippen LogP contribution in [0.2, 0.25) is 0 Å². The van der Waals surface area contributed by atoms with Gasteiger partial charge in [0.2, 0.25) is 11.8 Å². The normalized spacial score (nSPS) is 15.1. The molecule has 0 spiro atoms. The lowest BCUT2D eigenvalue weighted by molar-refractivity contribution is -0.142. The van der Waals surface area contributed by atoms with E-state index >= 15 is 0 Å². The second-order valence-corrected chi connectivity index (χ2v) is 8.75. The molecule has 2 amide bonds. The summed E-state index contributed by atoms with van der Waals surface area (Å²) in [5.41, 5.74) is 0.860. The van der Waals surface area contributed by atoms with Crippen molar-refractivity contribution < 1.29 is 33.0 Å². The van der Waals surface area contributed by atoms with Crippen LogP contribution in [0.15, 0.2) is 34.7 Å². The summed E-state index contributed by atoms with van der Waals surface area (Å²) < 4.78 is 21.4. The number of carbonyl (C=O) groups excluding carboxylic acids is 3. The zero-order valence-corrected chi connectivity index (χ0v) is 21.4. The van der Waals surface area contributed by atoms with Crippen LogP contribution < -0.4 is 14.8 Å². The summed E-state index contributed by atoms with van der Waals surface area (Å²) >= 11 is 0. The maximum atomic E-state index is 13.4. The van der Waals surface area contributed by atoms with E-state index in [0.29, 0.717) is 49.9 Å². The summed E-state index contributed by atoms with van der Waals surface area (Å²) in [5, 5.41) is 2.82. The minimum atomic E-state index is -0.680. The van der Waals surface area contributed by atoms with Crippen molar-refractivity contribution in [1.29, 1.82) is 0 Å². The van der Waals surface area contributed by atoms with Gasteiger partial charge in [-0.2, -0.15) is 0 Å². The molecule has 1 fully saturated rings. The summed E-state index contributed by atoms with van der Waals surface area (Å²) in [4.78, 5) is 40.4. The van der Waals surface area contributed by atoms with Crippen molar-refractivity contribution in [3.8, 4) is 11.5 Å². The molecule has 1 aromatic carbocycles. The van der Waals surface area contributed by atoms with Crippen LogP contribution in [0.5, 0.6) is 11.5 Å². The molecule has 1 aliphatic heterocycles. The van der Waals surface area contributed by atoms with E-state index in [1.807, 2.05) is 23.1 Å². The zero-order chi connectivity index (χ0) is 26.1. The number of benzene rings is 1. The molecular weight excluding hydrogens is 466 g/mol. The number of esters is 1. The van der Waals surface area contributed by atoms with Crippen molar-refractivity contribution in [3.05, 3.63) is 47.4 Å². The summed E-state index contributed by atoms with van der Waals surface area (Å²) in [6.07, 6.45) is 1.15. The molecule has 2 heterocycles. The van der Waals surface area contributed by atoms with E-state index in [-0.39, 0.29) is 24.4 Å². The Balaban J connectivity index is 1.61. The lowest BCUT2D eigenvalue weighted by Gasteiger charge is -2.27. The van der Waals surface area contributed by atoms with E-state index in [2.05, 4.69) is 10.2 Å². The quantitative estimate of drug-likeness (QED) is 0.493. The number of hydrogen-bond acceptors (Lipinski definition) is 8. The Labute approximate surface area is 211 Å². The highest BCUT2D eigenvalue weighted by Crippen LogP contribution is 2.28. The highest BCUT2D eigenvalue weighted by Gasteiger charge is 2.28. The van der Waals surface area contributed by atoms with Gasteiger partial charge in [0, 0.05) is 46.4 Å². The van der Waals surface area contributed by atoms with Crippen LogP contribution in [-0.4, -0.2) is 74.0 Å². The predicted octanol–water partition coefficient (Wildman–Crippen LogP) is 2.14. The van der Waals surface area contributed by atoms with Gasteiger partial charge in [0.25, 0.3) is 0 Å². The summed E-state index contributed by atoms with van der Waals surface area (Å²) in [7, 11) is 3.13. The molecule has 1 aromatic heterocycles. The molecule has 2 aromatic rings. The molecule has 1 saturated heterocycles. The number of nitrogens with one attached hydrogen (secondary N) is 1. The Hall–Kier alpha value is -3.53. The minimum Gasteiger partial charge on any atom is -0.493 e. The largest absolute Gasteiger partial charge is 0.493 e. The highest BCUT2D eigenvalue weighted by atomic mass is 16.5. The molecule has 1 atom stereocenters. The number of hydrogen-bond donors (Lipinski definition) is 1. The third-order valence-corrected chi connectivity index (χ3v) is 5.98. The molecule has 1 unspecified atom stereocenters. The molecule has 0 saturated carbocycles. The van der Waals surface area contributed by atoms with E-state index in [4.69, 9.17) is 18.6 Å². The number of nitrogens with zero attached hydrogens (tertiary/aromatic N) is 2. The molecule has 0 aliphatic carbocycles. The van der Waals surface area contributed by atoms with Gasteiger partial charge in [0.15, 0.2) is 11.5 Å². The minimum absolute atomic E-state index is 0.108. The fourth-order valence-corrected chi connectivity index (χ4v) is 4.24. The zero-order valence-electron chi connectivity index (χ0n) is 21.4. The molecule has 0 radical (unpaired) electrons. The molecule has 1 N–H and O–H groups in total. The first-order valence-electron chi connectivity index (χ1n) is 12.0. The van der Waals surface area contributed by atoms with Gasteiger partial charge in [0.05, 0.1) is 20.8 Å². The molecule has 196 valence electrons.